The maximum absolute atomic E-state index is 3.33. The largest absolute Gasteiger partial charge is 0.376 e. The molecular formula is C8H9NS. The van der Waals surface area contributed by atoms with E-state index in [0.29, 0.717) is 0 Å². The molecule has 0 unspecified atom stereocenters. The molecule has 0 saturated heterocycles. The van der Waals surface area contributed by atoms with E-state index in [1.165, 1.54) is 11.3 Å². The van der Waals surface area contributed by atoms with Gasteiger partial charge in [-0.3, -0.25) is 0 Å². The van der Waals surface area contributed by atoms with Crippen LogP contribution in [0.3, 0.4) is 0 Å². The van der Waals surface area contributed by atoms with Crippen molar-refractivity contribution in [3.05, 3.63) is 29.8 Å². The minimum absolute atomic E-state index is 1.05. The quantitative estimate of drug-likeness (QED) is 0.610. The Hall–Kier alpha value is -0.630. The van der Waals surface area contributed by atoms with Gasteiger partial charge in [-0.05, 0) is 11.6 Å². The zero-order valence-corrected chi connectivity index (χ0v) is 6.45. The maximum Gasteiger partial charge on any atom is 0.0614 e. The number of para-hydroxylation sites is 1. The lowest BCUT2D eigenvalue weighted by Gasteiger charge is -2.16. The molecule has 0 aliphatic carbocycles. The van der Waals surface area contributed by atoms with Crippen molar-refractivity contribution in [2.24, 2.45) is 0 Å². The normalized spacial score (nSPS) is 15.6. The highest BCUT2D eigenvalue weighted by atomic mass is 32.2. The van der Waals surface area contributed by atoms with Crippen molar-refractivity contribution in [3.63, 3.8) is 0 Å². The number of thioether (sulfide) groups is 1. The van der Waals surface area contributed by atoms with Crippen molar-refractivity contribution in [3.8, 4) is 0 Å². The Morgan fingerprint density at radius 1 is 1.30 bits per heavy atom. The molecule has 0 aromatic heterocycles. The topological polar surface area (TPSA) is 12.0 Å². The maximum atomic E-state index is 3.33. The third-order valence-corrected chi connectivity index (χ3v) is 2.50. The van der Waals surface area contributed by atoms with Crippen LogP contribution < -0.4 is 5.32 Å². The summed E-state index contributed by atoms with van der Waals surface area (Å²) in [5.41, 5.74) is 2.74. The van der Waals surface area contributed by atoms with Crippen LogP contribution in [0.15, 0.2) is 24.3 Å². The van der Waals surface area contributed by atoms with E-state index in [1.807, 2.05) is 11.8 Å². The Balaban J connectivity index is 2.41. The van der Waals surface area contributed by atoms with E-state index in [9.17, 15) is 0 Å². The Kier molecular flexibility index (Phi) is 1.55. The molecule has 0 fully saturated rings. The molecule has 1 aromatic carbocycles. The van der Waals surface area contributed by atoms with Crippen LogP contribution >= 0.6 is 11.8 Å². The van der Waals surface area contributed by atoms with E-state index in [0.717, 1.165) is 11.6 Å². The fourth-order valence-corrected chi connectivity index (χ4v) is 1.94. The monoisotopic (exact) mass is 151 g/mol. The predicted molar refractivity (Wildman–Crippen MR) is 46.2 cm³/mol. The van der Waals surface area contributed by atoms with Gasteiger partial charge in [-0.1, -0.05) is 18.2 Å². The summed E-state index contributed by atoms with van der Waals surface area (Å²) in [4.78, 5) is 0. The summed E-state index contributed by atoms with van der Waals surface area (Å²) in [6, 6.07) is 8.47. The molecule has 0 bridgehead atoms. The third kappa shape index (κ3) is 0.991. The number of rotatable bonds is 0. The van der Waals surface area contributed by atoms with Crippen LogP contribution in [0.4, 0.5) is 5.69 Å². The molecule has 10 heavy (non-hydrogen) atoms. The summed E-state index contributed by atoms with van der Waals surface area (Å²) < 4.78 is 0. The van der Waals surface area contributed by atoms with Crippen LogP contribution in [0.1, 0.15) is 5.56 Å². The first-order valence-electron chi connectivity index (χ1n) is 3.36. The summed E-state index contributed by atoms with van der Waals surface area (Å²) in [6.07, 6.45) is 0. The highest BCUT2D eigenvalue weighted by Crippen LogP contribution is 2.25. The van der Waals surface area contributed by atoms with E-state index in [1.54, 1.807) is 0 Å². The van der Waals surface area contributed by atoms with Crippen LogP contribution in [0.25, 0.3) is 0 Å². The molecule has 1 heterocycles. The van der Waals surface area contributed by atoms with Crippen molar-refractivity contribution in [2.75, 3.05) is 11.2 Å². The van der Waals surface area contributed by atoms with Gasteiger partial charge in [0, 0.05) is 11.4 Å². The second-order valence-electron chi connectivity index (χ2n) is 2.33. The average Bonchev–Trinajstić information content (AvgIpc) is 2.05. The lowest BCUT2D eigenvalue weighted by atomic mass is 10.2. The number of nitrogens with one attached hydrogen (secondary N) is 1. The molecule has 0 atom stereocenters. The van der Waals surface area contributed by atoms with Gasteiger partial charge in [-0.15, -0.1) is 11.8 Å². The van der Waals surface area contributed by atoms with E-state index in [-0.39, 0.29) is 0 Å². The number of anilines is 1. The number of benzene rings is 1. The van der Waals surface area contributed by atoms with Gasteiger partial charge in [-0.2, -0.15) is 0 Å². The first-order chi connectivity index (χ1) is 4.97. The minimum Gasteiger partial charge on any atom is -0.376 e. The van der Waals surface area contributed by atoms with E-state index < -0.39 is 0 Å². The zero-order chi connectivity index (χ0) is 6.81. The van der Waals surface area contributed by atoms with Crippen LogP contribution in [0.2, 0.25) is 0 Å². The Bertz CT molecular complexity index is 209. The number of fused-ring (bicyclic) bond motifs is 1. The smallest absolute Gasteiger partial charge is 0.0614 e. The van der Waals surface area contributed by atoms with E-state index in [4.69, 9.17) is 0 Å². The molecule has 1 aromatic rings. The van der Waals surface area contributed by atoms with Gasteiger partial charge in [0.2, 0.25) is 0 Å². The highest BCUT2D eigenvalue weighted by molar-refractivity contribution is 7.98. The van der Waals surface area contributed by atoms with Gasteiger partial charge in [-0.25, -0.2) is 0 Å². The molecule has 2 heteroatoms. The molecular weight excluding hydrogens is 142 g/mol. The molecule has 52 valence electrons. The SMILES string of the molecule is c1ccc2c(c1)CSCN2. The zero-order valence-electron chi connectivity index (χ0n) is 5.63. The Morgan fingerprint density at radius 3 is 3.10 bits per heavy atom. The minimum atomic E-state index is 1.05. The standard InChI is InChI=1S/C8H9NS/c1-2-4-8-7(3-1)5-10-6-9-8/h1-4,9H,5-6H2. The molecule has 0 radical (unpaired) electrons. The lowest BCUT2D eigenvalue weighted by molar-refractivity contribution is 1.31. The Labute approximate surface area is 64.8 Å². The highest BCUT2D eigenvalue weighted by Gasteiger charge is 2.05. The van der Waals surface area contributed by atoms with Gasteiger partial charge < -0.3 is 5.32 Å². The predicted octanol–water partition coefficient (Wildman–Crippen LogP) is 2.30. The summed E-state index contributed by atoms with van der Waals surface area (Å²) in [5.74, 6) is 2.21. The van der Waals surface area contributed by atoms with Gasteiger partial charge in [0.1, 0.15) is 0 Å². The second-order valence-corrected chi connectivity index (χ2v) is 3.31. The van der Waals surface area contributed by atoms with Crippen molar-refractivity contribution >= 4 is 17.4 Å². The molecule has 0 saturated carbocycles. The van der Waals surface area contributed by atoms with Gasteiger partial charge >= 0.3 is 0 Å². The summed E-state index contributed by atoms with van der Waals surface area (Å²) in [7, 11) is 0. The fraction of sp³-hybridized carbons (Fsp3) is 0.250. The lowest BCUT2D eigenvalue weighted by Crippen LogP contribution is -2.05. The van der Waals surface area contributed by atoms with Crippen LogP contribution in [0, 0.1) is 0 Å². The van der Waals surface area contributed by atoms with Crippen LogP contribution in [0.5, 0.6) is 0 Å². The van der Waals surface area contributed by atoms with Crippen molar-refractivity contribution < 1.29 is 0 Å². The Morgan fingerprint density at radius 2 is 2.20 bits per heavy atom. The molecule has 1 aliphatic rings. The second kappa shape index (κ2) is 2.54. The summed E-state index contributed by atoms with van der Waals surface area (Å²) in [6.45, 7) is 0. The number of hydrogen-bond donors (Lipinski definition) is 1. The van der Waals surface area contributed by atoms with E-state index in [2.05, 4.69) is 29.6 Å². The molecule has 2 rings (SSSR count). The van der Waals surface area contributed by atoms with E-state index >= 15 is 0 Å². The molecule has 1 N–H and O–H groups in total. The summed E-state index contributed by atoms with van der Waals surface area (Å²) >= 11 is 1.93. The third-order valence-electron chi connectivity index (χ3n) is 1.64. The molecule has 0 amide bonds. The van der Waals surface area contributed by atoms with Crippen molar-refractivity contribution in [1.82, 2.24) is 0 Å². The first-order valence-corrected chi connectivity index (χ1v) is 4.52. The van der Waals surface area contributed by atoms with Gasteiger partial charge in [0.05, 0.1) is 5.88 Å². The molecule has 0 spiro atoms. The summed E-state index contributed by atoms with van der Waals surface area (Å²) in [5, 5.41) is 3.33. The fourth-order valence-electron chi connectivity index (χ4n) is 1.11. The van der Waals surface area contributed by atoms with Crippen LogP contribution in [-0.4, -0.2) is 5.88 Å². The van der Waals surface area contributed by atoms with Gasteiger partial charge in [0.15, 0.2) is 0 Å². The van der Waals surface area contributed by atoms with Crippen LogP contribution in [-0.2, 0) is 5.75 Å². The van der Waals surface area contributed by atoms with Crippen molar-refractivity contribution in [1.29, 1.82) is 0 Å². The molecule has 1 aliphatic heterocycles. The first kappa shape index (κ1) is 6.10. The number of hydrogen-bond acceptors (Lipinski definition) is 2. The van der Waals surface area contributed by atoms with Crippen molar-refractivity contribution in [2.45, 2.75) is 5.75 Å². The average molecular weight is 151 g/mol. The molecule has 1 nitrogen and oxygen atoms in total. The van der Waals surface area contributed by atoms with Gasteiger partial charge in [0.25, 0.3) is 0 Å².